The highest BCUT2D eigenvalue weighted by atomic mass is 32.2. The van der Waals surface area contributed by atoms with Crippen LogP contribution in [-0.4, -0.2) is 16.3 Å². The van der Waals surface area contributed by atoms with Gasteiger partial charge >= 0.3 is 6.18 Å². The van der Waals surface area contributed by atoms with E-state index in [2.05, 4.69) is 10.6 Å². The largest absolute Gasteiger partial charge is 0.422 e. The quantitative estimate of drug-likeness (QED) is 0.120. The second-order valence-electron chi connectivity index (χ2n) is 7.48. The molecule has 196 valence electrons. The number of hydrogen-bond donors (Lipinski definition) is 3. The highest BCUT2D eigenvalue weighted by Crippen LogP contribution is 2.39. The summed E-state index contributed by atoms with van der Waals surface area (Å²) in [6, 6.07) is 15.7. The first-order valence-corrected chi connectivity index (χ1v) is 11.8. The van der Waals surface area contributed by atoms with Crippen molar-refractivity contribution in [2.45, 2.75) is 29.7 Å². The van der Waals surface area contributed by atoms with Gasteiger partial charge in [0.05, 0.1) is 5.25 Å². The molecular weight excluding hydrogens is 543 g/mol. The molecule has 0 aliphatic rings. The van der Waals surface area contributed by atoms with Gasteiger partial charge in [-0.05, 0) is 49.0 Å². The fourth-order valence-electron chi connectivity index (χ4n) is 3.14. The normalized spacial score (nSPS) is 12.1. The van der Waals surface area contributed by atoms with Crippen LogP contribution in [-0.2, 0) is 11.0 Å². The zero-order chi connectivity index (χ0) is 27.3. The summed E-state index contributed by atoms with van der Waals surface area (Å²) in [4.78, 5) is 13.2. The Balaban J connectivity index is 1.74. The van der Waals surface area contributed by atoms with Gasteiger partial charge in [0.15, 0.2) is 28.4 Å². The van der Waals surface area contributed by atoms with Crippen molar-refractivity contribution in [2.24, 2.45) is 0 Å². The van der Waals surface area contributed by atoms with Crippen LogP contribution in [0.4, 0.5) is 47.8 Å². The second kappa shape index (κ2) is 11.8. The highest BCUT2D eigenvalue weighted by molar-refractivity contribution is 8.00. The number of rotatable bonds is 7. The summed E-state index contributed by atoms with van der Waals surface area (Å²) < 4.78 is 94.5. The van der Waals surface area contributed by atoms with Crippen LogP contribution < -0.4 is 16.0 Å². The van der Waals surface area contributed by atoms with Crippen LogP contribution in [0.2, 0.25) is 0 Å². The first-order chi connectivity index (χ1) is 17.4. The SMILES string of the molecule is CCC(Sc1cccc(NC(=S)Nc2ccccc2)c1)C(=O)Nc1c(F)c(F)c(C(F)(F)F)c(F)c1F. The first kappa shape index (κ1) is 28.3. The predicted molar refractivity (Wildman–Crippen MR) is 133 cm³/mol. The first-order valence-electron chi connectivity index (χ1n) is 10.6. The van der Waals surface area contributed by atoms with Crippen molar-refractivity contribution in [3.05, 3.63) is 83.4 Å². The van der Waals surface area contributed by atoms with E-state index >= 15 is 0 Å². The third kappa shape index (κ3) is 6.92. The number of anilines is 3. The van der Waals surface area contributed by atoms with Crippen molar-refractivity contribution < 1.29 is 35.5 Å². The van der Waals surface area contributed by atoms with E-state index in [1.807, 2.05) is 30.3 Å². The molecule has 13 heteroatoms. The van der Waals surface area contributed by atoms with E-state index in [1.165, 1.54) is 0 Å². The third-order valence-electron chi connectivity index (χ3n) is 4.86. The fourth-order valence-corrected chi connectivity index (χ4v) is 4.39. The summed E-state index contributed by atoms with van der Waals surface area (Å²) in [6.45, 7) is 1.57. The molecule has 0 aliphatic carbocycles. The van der Waals surface area contributed by atoms with Crippen molar-refractivity contribution in [3.63, 3.8) is 0 Å². The van der Waals surface area contributed by atoms with Gasteiger partial charge < -0.3 is 16.0 Å². The number of halogens is 7. The highest BCUT2D eigenvalue weighted by Gasteiger charge is 2.42. The summed E-state index contributed by atoms with van der Waals surface area (Å²) >= 11 is 6.23. The lowest BCUT2D eigenvalue weighted by Gasteiger charge is -2.18. The van der Waals surface area contributed by atoms with Gasteiger partial charge in [-0.2, -0.15) is 13.2 Å². The Labute approximate surface area is 216 Å². The summed E-state index contributed by atoms with van der Waals surface area (Å²) in [5.74, 6) is -11.1. The topological polar surface area (TPSA) is 53.2 Å². The minimum absolute atomic E-state index is 0.108. The van der Waals surface area contributed by atoms with Crippen LogP contribution in [0.1, 0.15) is 18.9 Å². The average Bonchev–Trinajstić information content (AvgIpc) is 2.84. The molecular formula is C24H18F7N3OS2. The zero-order valence-electron chi connectivity index (χ0n) is 18.9. The van der Waals surface area contributed by atoms with Crippen molar-refractivity contribution in [1.29, 1.82) is 0 Å². The van der Waals surface area contributed by atoms with Crippen molar-refractivity contribution in [1.82, 2.24) is 0 Å². The van der Waals surface area contributed by atoms with Gasteiger partial charge in [0, 0.05) is 16.3 Å². The molecule has 3 aromatic rings. The molecule has 0 fully saturated rings. The number of carbonyl (C=O) groups is 1. The summed E-state index contributed by atoms with van der Waals surface area (Å²) in [6.07, 6.45) is -5.57. The van der Waals surface area contributed by atoms with Crippen LogP contribution in [0.5, 0.6) is 0 Å². The molecule has 1 amide bonds. The van der Waals surface area contributed by atoms with E-state index in [4.69, 9.17) is 12.2 Å². The lowest BCUT2D eigenvalue weighted by Crippen LogP contribution is -2.27. The number of carbonyl (C=O) groups excluding carboxylic acids is 1. The Bertz CT molecular complexity index is 1270. The number of alkyl halides is 3. The fraction of sp³-hybridized carbons (Fsp3) is 0.167. The number of benzene rings is 3. The maximum atomic E-state index is 14.2. The molecule has 1 unspecified atom stereocenters. The molecule has 1 atom stereocenters. The van der Waals surface area contributed by atoms with E-state index in [0.29, 0.717) is 10.6 Å². The molecule has 0 bridgehead atoms. The Morgan fingerprint density at radius 3 is 2.00 bits per heavy atom. The van der Waals surface area contributed by atoms with Gasteiger partial charge in [0.2, 0.25) is 5.91 Å². The Hall–Kier alpha value is -3.32. The van der Waals surface area contributed by atoms with Gasteiger partial charge in [-0.25, -0.2) is 17.6 Å². The molecule has 0 aromatic heterocycles. The molecule has 3 rings (SSSR count). The van der Waals surface area contributed by atoms with Crippen LogP contribution in [0.25, 0.3) is 0 Å². The van der Waals surface area contributed by atoms with Crippen molar-refractivity contribution in [3.8, 4) is 0 Å². The van der Waals surface area contributed by atoms with Gasteiger partial charge in [0.25, 0.3) is 0 Å². The van der Waals surface area contributed by atoms with Crippen molar-refractivity contribution in [2.75, 3.05) is 16.0 Å². The monoisotopic (exact) mass is 561 g/mol. The standard InChI is InChI=1S/C24H18F7N3OS2/c1-2-15(22(35)34-21-19(27)17(25)16(24(29,30)31)18(26)20(21)28)37-14-10-6-9-13(11-14)33-23(36)32-12-7-4-3-5-8-12/h3-11,15H,2H2,1H3,(H,34,35)(H2,32,33,36). The summed E-state index contributed by atoms with van der Waals surface area (Å²) in [5, 5.41) is 6.91. The number of thiocarbonyl (C=S) groups is 1. The molecule has 0 saturated carbocycles. The number of amides is 1. The summed E-state index contributed by atoms with van der Waals surface area (Å²) in [7, 11) is 0. The second-order valence-corrected chi connectivity index (χ2v) is 9.17. The minimum atomic E-state index is -5.68. The van der Waals surface area contributed by atoms with Crippen molar-refractivity contribution >= 4 is 52.1 Å². The summed E-state index contributed by atoms with van der Waals surface area (Å²) in [5.41, 5.74) is -3.05. The Morgan fingerprint density at radius 1 is 0.865 bits per heavy atom. The van der Waals surface area contributed by atoms with Gasteiger partial charge in [-0.1, -0.05) is 31.2 Å². The van der Waals surface area contributed by atoms with E-state index in [-0.39, 0.29) is 11.5 Å². The molecule has 4 nitrogen and oxygen atoms in total. The zero-order valence-corrected chi connectivity index (χ0v) is 20.5. The molecule has 0 saturated heterocycles. The maximum absolute atomic E-state index is 14.2. The van der Waals surface area contributed by atoms with Gasteiger partial charge in [-0.3, -0.25) is 4.79 Å². The van der Waals surface area contributed by atoms with Gasteiger partial charge in [-0.15, -0.1) is 11.8 Å². The van der Waals surface area contributed by atoms with E-state index in [0.717, 1.165) is 17.4 Å². The number of hydrogen-bond acceptors (Lipinski definition) is 3. The molecule has 3 N–H and O–H groups in total. The molecule has 0 heterocycles. The number of thioether (sulfide) groups is 1. The Morgan fingerprint density at radius 2 is 1.43 bits per heavy atom. The minimum Gasteiger partial charge on any atom is -0.332 e. The third-order valence-corrected chi connectivity index (χ3v) is 6.42. The van der Waals surface area contributed by atoms with Crippen LogP contribution >= 0.6 is 24.0 Å². The lowest BCUT2D eigenvalue weighted by atomic mass is 10.1. The smallest absolute Gasteiger partial charge is 0.332 e. The lowest BCUT2D eigenvalue weighted by molar-refractivity contribution is -0.143. The van der Waals surface area contributed by atoms with Crippen LogP contribution in [0, 0.1) is 23.3 Å². The van der Waals surface area contributed by atoms with E-state index in [1.54, 1.807) is 36.5 Å². The maximum Gasteiger partial charge on any atom is 0.422 e. The number of para-hydroxylation sites is 1. The molecule has 3 aromatic carbocycles. The van der Waals surface area contributed by atoms with E-state index < -0.39 is 51.9 Å². The molecule has 0 aliphatic heterocycles. The van der Waals surface area contributed by atoms with Crippen LogP contribution in [0.15, 0.2) is 59.5 Å². The predicted octanol–water partition coefficient (Wildman–Crippen LogP) is 7.58. The molecule has 0 spiro atoms. The molecule has 37 heavy (non-hydrogen) atoms. The Kier molecular flexibility index (Phi) is 9.02. The van der Waals surface area contributed by atoms with E-state index in [9.17, 15) is 35.5 Å². The van der Waals surface area contributed by atoms with Gasteiger partial charge in [0.1, 0.15) is 11.3 Å². The number of nitrogens with one attached hydrogen (secondary N) is 3. The average molecular weight is 562 g/mol. The van der Waals surface area contributed by atoms with Crippen LogP contribution in [0.3, 0.4) is 0 Å². The molecule has 0 radical (unpaired) electrons.